The van der Waals surface area contributed by atoms with Crippen LogP contribution in [0.4, 0.5) is 0 Å². The lowest BCUT2D eigenvalue weighted by molar-refractivity contribution is -0.144. The zero-order chi connectivity index (χ0) is 19.9. The number of unbranched alkanes of at least 4 members (excludes halogenated alkanes) is 7. The van der Waals surface area contributed by atoms with Gasteiger partial charge in [-0.1, -0.05) is 52.4 Å². The van der Waals surface area contributed by atoms with Crippen LogP contribution in [-0.4, -0.2) is 48.6 Å². The maximum absolute atomic E-state index is 11.4. The first-order valence-corrected chi connectivity index (χ1v) is 10.1. The topological polar surface area (TPSA) is 93.1 Å². The normalized spacial score (nSPS) is 10.0. The van der Waals surface area contributed by atoms with E-state index in [1.807, 2.05) is 0 Å². The van der Waals surface area contributed by atoms with Crippen LogP contribution in [0.15, 0.2) is 0 Å². The Morgan fingerprint density at radius 2 is 0.962 bits per heavy atom. The molecule has 0 rings (SSSR count). The Bertz CT molecular complexity index is 277. The molecule has 0 aliphatic rings. The number of esters is 2. The molecule has 0 radical (unpaired) electrons. The zero-order valence-electron chi connectivity index (χ0n) is 16.8. The number of carbonyl (C=O) groups is 2. The zero-order valence-corrected chi connectivity index (χ0v) is 16.8. The van der Waals surface area contributed by atoms with E-state index in [2.05, 4.69) is 13.8 Å². The molecule has 0 aliphatic heterocycles. The fraction of sp³-hybridized carbons (Fsp3) is 0.900. The van der Waals surface area contributed by atoms with Crippen molar-refractivity contribution >= 4 is 11.9 Å². The molecule has 0 aromatic rings. The van der Waals surface area contributed by atoms with Crippen LogP contribution in [0.1, 0.15) is 90.9 Å². The predicted molar refractivity (Wildman–Crippen MR) is 103 cm³/mol. The van der Waals surface area contributed by atoms with E-state index >= 15 is 0 Å². The molecule has 6 nitrogen and oxygen atoms in total. The minimum Gasteiger partial charge on any atom is -0.466 e. The molecule has 0 atom stereocenters. The van der Waals surface area contributed by atoms with Crippen molar-refractivity contribution in [2.24, 2.45) is 0 Å². The Labute approximate surface area is 159 Å². The molecule has 0 bridgehead atoms. The summed E-state index contributed by atoms with van der Waals surface area (Å²) in [7, 11) is 0. The summed E-state index contributed by atoms with van der Waals surface area (Å²) in [5.74, 6) is -0.133. The molecule has 0 saturated carbocycles. The average molecular weight is 377 g/mol. The van der Waals surface area contributed by atoms with Crippen molar-refractivity contribution in [1.29, 1.82) is 0 Å². The van der Waals surface area contributed by atoms with Gasteiger partial charge in [-0.25, -0.2) is 0 Å². The van der Waals surface area contributed by atoms with Crippen molar-refractivity contribution < 1.29 is 29.3 Å². The minimum absolute atomic E-state index is 0.0664. The molecule has 156 valence electrons. The highest BCUT2D eigenvalue weighted by Crippen LogP contribution is 2.10. The first-order chi connectivity index (χ1) is 12.6. The molecule has 0 aliphatic carbocycles. The van der Waals surface area contributed by atoms with E-state index in [0.29, 0.717) is 26.1 Å². The van der Waals surface area contributed by atoms with Gasteiger partial charge in [-0.05, 0) is 25.7 Å². The molecule has 0 fully saturated rings. The fourth-order valence-corrected chi connectivity index (χ4v) is 2.05. The number of ether oxygens (including phenoxy) is 2. The summed E-state index contributed by atoms with van der Waals surface area (Å²) in [4.78, 5) is 22.7. The van der Waals surface area contributed by atoms with Gasteiger partial charge in [0.15, 0.2) is 0 Å². The molecule has 0 spiro atoms. The van der Waals surface area contributed by atoms with Gasteiger partial charge in [-0.3, -0.25) is 9.59 Å². The maximum Gasteiger partial charge on any atom is 0.305 e. The van der Waals surface area contributed by atoms with Crippen molar-refractivity contribution in [3.63, 3.8) is 0 Å². The summed E-state index contributed by atoms with van der Waals surface area (Å²) in [5.41, 5.74) is 0. The summed E-state index contributed by atoms with van der Waals surface area (Å²) in [6.07, 6.45) is 11.3. The summed E-state index contributed by atoms with van der Waals surface area (Å²) < 4.78 is 10.2. The standard InChI is InChI=1S/C18H34O4.C2H6O2/c1-3-5-15-21-17(19)13-11-9-7-8-10-12-14-18(20)22-16-6-4-2;3-1-2-4/h3-16H2,1-2H3;3-4H,1-2H2. The molecular weight excluding hydrogens is 336 g/mol. The number of hydrogen-bond donors (Lipinski definition) is 2. The van der Waals surface area contributed by atoms with Gasteiger partial charge in [0.1, 0.15) is 0 Å². The van der Waals surface area contributed by atoms with Crippen LogP contribution in [0.3, 0.4) is 0 Å². The molecule has 0 saturated heterocycles. The lowest BCUT2D eigenvalue weighted by Gasteiger charge is -2.05. The molecule has 0 unspecified atom stereocenters. The van der Waals surface area contributed by atoms with Gasteiger partial charge in [0, 0.05) is 12.8 Å². The van der Waals surface area contributed by atoms with Gasteiger partial charge in [0.25, 0.3) is 0 Å². The number of aliphatic hydroxyl groups excluding tert-OH is 2. The SMILES string of the molecule is CCCCOC(=O)CCCCCCCCC(=O)OCCCC.OCCO. The van der Waals surface area contributed by atoms with Crippen molar-refractivity contribution in [1.82, 2.24) is 0 Å². The number of aliphatic hydroxyl groups is 2. The van der Waals surface area contributed by atoms with Gasteiger partial charge in [0.2, 0.25) is 0 Å². The monoisotopic (exact) mass is 376 g/mol. The van der Waals surface area contributed by atoms with Gasteiger partial charge in [-0.15, -0.1) is 0 Å². The van der Waals surface area contributed by atoms with Crippen LogP contribution < -0.4 is 0 Å². The van der Waals surface area contributed by atoms with Crippen molar-refractivity contribution in [3.8, 4) is 0 Å². The van der Waals surface area contributed by atoms with E-state index in [1.165, 1.54) is 0 Å². The van der Waals surface area contributed by atoms with Crippen molar-refractivity contribution in [2.75, 3.05) is 26.4 Å². The summed E-state index contributed by atoms with van der Waals surface area (Å²) in [5, 5.41) is 15.2. The third-order valence-electron chi connectivity index (χ3n) is 3.63. The highest BCUT2D eigenvalue weighted by Gasteiger charge is 2.03. The van der Waals surface area contributed by atoms with E-state index in [-0.39, 0.29) is 25.2 Å². The van der Waals surface area contributed by atoms with Crippen LogP contribution in [0, 0.1) is 0 Å². The molecule has 2 N–H and O–H groups in total. The van der Waals surface area contributed by atoms with Crippen LogP contribution in [0.2, 0.25) is 0 Å². The second-order valence-corrected chi connectivity index (χ2v) is 6.22. The third-order valence-corrected chi connectivity index (χ3v) is 3.63. The largest absolute Gasteiger partial charge is 0.466 e. The fourth-order valence-electron chi connectivity index (χ4n) is 2.05. The van der Waals surface area contributed by atoms with Gasteiger partial charge < -0.3 is 19.7 Å². The van der Waals surface area contributed by atoms with Crippen molar-refractivity contribution in [3.05, 3.63) is 0 Å². The van der Waals surface area contributed by atoms with Gasteiger partial charge in [0.05, 0.1) is 26.4 Å². The lowest BCUT2D eigenvalue weighted by atomic mass is 10.1. The van der Waals surface area contributed by atoms with Crippen LogP contribution in [-0.2, 0) is 19.1 Å². The first kappa shape index (κ1) is 27.1. The summed E-state index contributed by atoms with van der Waals surface area (Å²) in [6.45, 7) is 5.03. The van der Waals surface area contributed by atoms with E-state index in [1.54, 1.807) is 0 Å². The summed E-state index contributed by atoms with van der Waals surface area (Å²) in [6, 6.07) is 0. The predicted octanol–water partition coefficient (Wildman–Crippen LogP) is 3.76. The number of carbonyl (C=O) groups excluding carboxylic acids is 2. The Morgan fingerprint density at radius 3 is 1.27 bits per heavy atom. The van der Waals surface area contributed by atoms with Crippen LogP contribution in [0.25, 0.3) is 0 Å². The third kappa shape index (κ3) is 25.1. The Morgan fingerprint density at radius 1 is 0.615 bits per heavy atom. The summed E-state index contributed by atoms with van der Waals surface area (Å²) >= 11 is 0. The molecule has 26 heavy (non-hydrogen) atoms. The molecular formula is C20H40O6. The van der Waals surface area contributed by atoms with Crippen molar-refractivity contribution in [2.45, 2.75) is 90.9 Å². The van der Waals surface area contributed by atoms with E-state index in [4.69, 9.17) is 19.7 Å². The van der Waals surface area contributed by atoms with E-state index in [9.17, 15) is 9.59 Å². The van der Waals surface area contributed by atoms with E-state index in [0.717, 1.165) is 64.2 Å². The highest BCUT2D eigenvalue weighted by molar-refractivity contribution is 5.69. The van der Waals surface area contributed by atoms with Crippen LogP contribution in [0.5, 0.6) is 0 Å². The Balaban J connectivity index is 0. The van der Waals surface area contributed by atoms with Crippen LogP contribution >= 0.6 is 0 Å². The minimum atomic E-state index is -0.125. The quantitative estimate of drug-likeness (QED) is 0.315. The second kappa shape index (κ2) is 23.9. The number of rotatable bonds is 16. The van der Waals surface area contributed by atoms with Gasteiger partial charge in [-0.2, -0.15) is 0 Å². The Kier molecular flexibility index (Phi) is 24.9. The number of hydrogen-bond acceptors (Lipinski definition) is 6. The first-order valence-electron chi connectivity index (χ1n) is 10.1. The van der Waals surface area contributed by atoms with Gasteiger partial charge >= 0.3 is 11.9 Å². The average Bonchev–Trinajstić information content (AvgIpc) is 2.64. The molecule has 0 amide bonds. The molecule has 6 heteroatoms. The highest BCUT2D eigenvalue weighted by atomic mass is 16.5. The van der Waals surface area contributed by atoms with E-state index < -0.39 is 0 Å². The smallest absolute Gasteiger partial charge is 0.305 e. The Hall–Kier alpha value is -1.14. The molecule has 0 heterocycles. The molecule has 0 aromatic heterocycles. The molecule has 0 aromatic carbocycles. The lowest BCUT2D eigenvalue weighted by Crippen LogP contribution is -2.05. The maximum atomic E-state index is 11.4. The second-order valence-electron chi connectivity index (χ2n) is 6.22.